The first-order valence-corrected chi connectivity index (χ1v) is 13.1. The number of rotatable bonds is 11. The molecule has 5 nitrogen and oxygen atoms in total. The number of thioether (sulfide) groups is 1. The van der Waals surface area contributed by atoms with Gasteiger partial charge in [0.1, 0.15) is 0 Å². The molecular formula is C31H30N4OS. The minimum Gasteiger partial charge on any atom is -0.398 e. The van der Waals surface area contributed by atoms with Crippen LogP contribution in [0.15, 0.2) is 109 Å². The van der Waals surface area contributed by atoms with E-state index in [0.717, 1.165) is 44.0 Å². The van der Waals surface area contributed by atoms with Gasteiger partial charge in [0.05, 0.1) is 10.6 Å². The number of pyridine rings is 1. The molecule has 0 fully saturated rings. The Bertz CT molecular complexity index is 1380. The number of benzene rings is 3. The summed E-state index contributed by atoms with van der Waals surface area (Å²) in [5, 5.41) is 3.37. The zero-order valence-corrected chi connectivity index (χ0v) is 21.4. The summed E-state index contributed by atoms with van der Waals surface area (Å²) in [4.78, 5) is 18.0. The van der Waals surface area contributed by atoms with Gasteiger partial charge in [-0.3, -0.25) is 9.78 Å². The van der Waals surface area contributed by atoms with Crippen LogP contribution in [0.1, 0.15) is 27.9 Å². The van der Waals surface area contributed by atoms with Crippen LogP contribution in [0.3, 0.4) is 0 Å². The van der Waals surface area contributed by atoms with Crippen molar-refractivity contribution in [2.45, 2.75) is 13.0 Å². The van der Waals surface area contributed by atoms with E-state index in [1.54, 1.807) is 0 Å². The molecule has 0 saturated carbocycles. The summed E-state index contributed by atoms with van der Waals surface area (Å²) < 4.78 is 0. The number of Topliss-reactive ketones (excluding diaryl/α,β-unsaturated/α-hetero) is 1. The van der Waals surface area contributed by atoms with Gasteiger partial charge in [0.2, 0.25) is 0 Å². The van der Waals surface area contributed by atoms with E-state index in [9.17, 15) is 4.79 Å². The Morgan fingerprint density at radius 2 is 1.62 bits per heavy atom. The fourth-order valence-corrected chi connectivity index (χ4v) is 4.60. The van der Waals surface area contributed by atoms with Crippen molar-refractivity contribution in [2.24, 2.45) is 11.5 Å². The lowest BCUT2D eigenvalue weighted by molar-refractivity contribution is 0.0982. The number of nitrogens with zero attached hydrogens (tertiary/aromatic N) is 1. The average Bonchev–Trinajstić information content (AvgIpc) is 2.96. The van der Waals surface area contributed by atoms with Crippen molar-refractivity contribution in [3.63, 3.8) is 0 Å². The van der Waals surface area contributed by atoms with Gasteiger partial charge in [-0.05, 0) is 17.2 Å². The molecule has 0 unspecified atom stereocenters. The molecule has 6 heteroatoms. The predicted molar refractivity (Wildman–Crippen MR) is 155 cm³/mol. The first kappa shape index (κ1) is 26.1. The molecule has 4 rings (SSSR count). The molecule has 0 aliphatic heterocycles. The van der Waals surface area contributed by atoms with Gasteiger partial charge in [0.15, 0.2) is 5.78 Å². The lowest BCUT2D eigenvalue weighted by Gasteiger charge is -2.13. The van der Waals surface area contributed by atoms with Gasteiger partial charge >= 0.3 is 0 Å². The molecule has 0 amide bonds. The second kappa shape index (κ2) is 13.4. The fourth-order valence-electron chi connectivity index (χ4n) is 4.01. The Morgan fingerprint density at radius 1 is 0.919 bits per heavy atom. The Kier molecular flexibility index (Phi) is 9.47. The maximum absolute atomic E-state index is 12.3. The molecule has 186 valence electrons. The van der Waals surface area contributed by atoms with Gasteiger partial charge in [0.25, 0.3) is 0 Å². The molecular weight excluding hydrogens is 476 g/mol. The van der Waals surface area contributed by atoms with Crippen LogP contribution in [0.2, 0.25) is 0 Å². The number of hydrogen-bond donors (Lipinski definition) is 3. The number of nitrogens with two attached hydrogens (primary N) is 2. The van der Waals surface area contributed by atoms with Crippen molar-refractivity contribution in [3.8, 4) is 22.4 Å². The molecule has 0 spiro atoms. The summed E-state index contributed by atoms with van der Waals surface area (Å²) in [6.45, 7) is 1.32. The van der Waals surface area contributed by atoms with Gasteiger partial charge in [-0.2, -0.15) is 0 Å². The maximum Gasteiger partial charge on any atom is 0.164 e. The molecule has 0 saturated heterocycles. The third-order valence-corrected chi connectivity index (χ3v) is 6.67. The number of ketones is 1. The van der Waals surface area contributed by atoms with Gasteiger partial charge in [0, 0.05) is 60.0 Å². The zero-order chi connectivity index (χ0) is 25.9. The topological polar surface area (TPSA) is 94.0 Å². The van der Waals surface area contributed by atoms with Crippen molar-refractivity contribution in [3.05, 3.63) is 126 Å². The smallest absolute Gasteiger partial charge is 0.164 e. The second-order valence-electron chi connectivity index (χ2n) is 8.35. The van der Waals surface area contributed by atoms with Crippen molar-refractivity contribution in [2.75, 3.05) is 12.4 Å². The normalized spacial score (nSPS) is 10.5. The van der Waals surface area contributed by atoms with E-state index in [1.807, 2.05) is 54.7 Å². The van der Waals surface area contributed by atoms with E-state index in [-0.39, 0.29) is 5.78 Å². The molecule has 4 aromatic rings. The molecule has 0 bridgehead atoms. The van der Waals surface area contributed by atoms with Gasteiger partial charge in [-0.1, -0.05) is 90.7 Å². The van der Waals surface area contributed by atoms with E-state index in [0.29, 0.717) is 25.4 Å². The summed E-state index contributed by atoms with van der Waals surface area (Å²) in [5.74, 6) is 0.574. The van der Waals surface area contributed by atoms with Crippen molar-refractivity contribution < 1.29 is 4.79 Å². The highest BCUT2D eigenvalue weighted by atomic mass is 32.2. The van der Waals surface area contributed by atoms with Gasteiger partial charge < -0.3 is 16.8 Å². The Hall–Kier alpha value is -3.93. The van der Waals surface area contributed by atoms with Crippen LogP contribution >= 0.6 is 11.8 Å². The third kappa shape index (κ3) is 7.06. The van der Waals surface area contributed by atoms with E-state index >= 15 is 0 Å². The predicted octanol–water partition coefficient (Wildman–Crippen LogP) is 5.84. The summed E-state index contributed by atoms with van der Waals surface area (Å²) in [6, 6.07) is 30.1. The molecule has 1 heterocycles. The van der Waals surface area contributed by atoms with Crippen LogP contribution in [-0.2, 0) is 6.54 Å². The van der Waals surface area contributed by atoms with Gasteiger partial charge in [-0.25, -0.2) is 0 Å². The number of aromatic nitrogens is 1. The number of carbonyl (C=O) groups is 1. The van der Waals surface area contributed by atoms with Crippen LogP contribution in [0, 0.1) is 0 Å². The molecule has 3 aromatic carbocycles. The van der Waals surface area contributed by atoms with E-state index in [1.165, 1.54) is 18.0 Å². The number of hydrogen-bond acceptors (Lipinski definition) is 6. The molecule has 5 N–H and O–H groups in total. The first-order valence-electron chi connectivity index (χ1n) is 12.1. The lowest BCUT2D eigenvalue weighted by atomic mass is 9.97. The van der Waals surface area contributed by atoms with Crippen molar-refractivity contribution in [1.82, 2.24) is 10.3 Å². The Labute approximate surface area is 222 Å². The number of carbonyl (C=O) groups excluding carboxylic acids is 1. The third-order valence-electron chi connectivity index (χ3n) is 5.86. The highest BCUT2D eigenvalue weighted by Crippen LogP contribution is 2.34. The minimum absolute atomic E-state index is 0.149. The first-order chi connectivity index (χ1) is 18.2. The van der Waals surface area contributed by atoms with Crippen molar-refractivity contribution >= 4 is 22.5 Å². The molecule has 1 aromatic heterocycles. The largest absolute Gasteiger partial charge is 0.398 e. The molecule has 0 aliphatic carbocycles. The van der Waals surface area contributed by atoms with Crippen LogP contribution in [0.4, 0.5) is 0 Å². The Morgan fingerprint density at radius 3 is 2.30 bits per heavy atom. The molecule has 0 radical (unpaired) electrons. The van der Waals surface area contributed by atoms with Crippen LogP contribution in [0.5, 0.6) is 0 Å². The molecule has 0 atom stereocenters. The summed E-state index contributed by atoms with van der Waals surface area (Å²) in [7, 11) is 0. The summed E-state index contributed by atoms with van der Waals surface area (Å²) >= 11 is 1.48. The van der Waals surface area contributed by atoms with Crippen molar-refractivity contribution in [1.29, 1.82) is 0 Å². The standard InChI is InChI=1S/C31H30N4OS/c32-17-15-30(37-22-33)27-19-28(24-7-3-1-4-8-24)31(35-21-27)26-13-11-23(12-14-26)20-34-18-16-29(36)25-9-5-2-6-10-25/h1-14,17,19,21,34H,16,18,20,22,32-33H2. The summed E-state index contributed by atoms with van der Waals surface area (Å²) in [6.07, 6.45) is 3.71. The molecule has 0 aliphatic rings. The highest BCUT2D eigenvalue weighted by molar-refractivity contribution is 8.08. The minimum atomic E-state index is 0.149. The Balaban J connectivity index is 1.50. The van der Waals surface area contributed by atoms with Gasteiger partial charge in [-0.15, -0.1) is 11.8 Å². The SMILES string of the molecule is NC=C=C(SCN)c1cnc(-c2ccc(CNCCC(=O)c3ccccc3)cc2)c(-c2ccccc2)c1. The molecule has 37 heavy (non-hydrogen) atoms. The quantitative estimate of drug-likeness (QED) is 0.102. The lowest BCUT2D eigenvalue weighted by Crippen LogP contribution is -2.17. The number of nitrogens with one attached hydrogen (secondary N) is 1. The average molecular weight is 507 g/mol. The maximum atomic E-state index is 12.3. The summed E-state index contributed by atoms with van der Waals surface area (Å²) in [5.41, 5.74) is 21.3. The van der Waals surface area contributed by atoms with E-state index < -0.39 is 0 Å². The van der Waals surface area contributed by atoms with Crippen LogP contribution in [0.25, 0.3) is 27.3 Å². The fraction of sp³-hybridized carbons (Fsp3) is 0.129. The van der Waals surface area contributed by atoms with Crippen LogP contribution in [-0.4, -0.2) is 23.2 Å². The zero-order valence-electron chi connectivity index (χ0n) is 20.6. The highest BCUT2D eigenvalue weighted by Gasteiger charge is 2.13. The second-order valence-corrected chi connectivity index (χ2v) is 9.38. The van der Waals surface area contributed by atoms with Crippen LogP contribution < -0.4 is 16.8 Å². The van der Waals surface area contributed by atoms with E-state index in [2.05, 4.69) is 53.5 Å². The van der Waals surface area contributed by atoms with E-state index in [4.69, 9.17) is 16.5 Å². The monoisotopic (exact) mass is 506 g/mol.